The highest BCUT2D eigenvalue weighted by Crippen LogP contribution is 2.57. The molecule has 2 heteroatoms. The standard InChI is InChI=1S/C15H14O2/c1-8-4-2-5-9-10-6-3-7-11-13(10)14(12(8)9)17-15(11)16/h2,4-6,11,13-14H,3,7H2,1H3/t11-,13+,14-/m0/s1. The molecule has 0 amide bonds. The van der Waals surface area contributed by atoms with Crippen molar-refractivity contribution < 1.29 is 9.53 Å². The second-order valence-electron chi connectivity index (χ2n) is 5.26. The van der Waals surface area contributed by atoms with Crippen LogP contribution < -0.4 is 0 Å². The lowest BCUT2D eigenvalue weighted by Crippen LogP contribution is -2.18. The van der Waals surface area contributed by atoms with Crippen LogP contribution in [0.2, 0.25) is 0 Å². The van der Waals surface area contributed by atoms with Gasteiger partial charge in [-0.05, 0) is 36.5 Å². The van der Waals surface area contributed by atoms with Crippen LogP contribution in [-0.4, -0.2) is 5.97 Å². The number of allylic oxidation sites excluding steroid dienone is 1. The van der Waals surface area contributed by atoms with Crippen molar-refractivity contribution in [2.75, 3.05) is 0 Å². The van der Waals surface area contributed by atoms with E-state index in [1.54, 1.807) is 0 Å². The summed E-state index contributed by atoms with van der Waals surface area (Å²) in [6.07, 6.45) is 4.26. The van der Waals surface area contributed by atoms with Crippen molar-refractivity contribution in [2.45, 2.75) is 25.9 Å². The number of ether oxygens (including phenoxy) is 1. The van der Waals surface area contributed by atoms with Gasteiger partial charge in [-0.2, -0.15) is 0 Å². The molecule has 17 heavy (non-hydrogen) atoms. The molecule has 1 aromatic carbocycles. The molecule has 3 aliphatic rings. The van der Waals surface area contributed by atoms with Gasteiger partial charge in [0.2, 0.25) is 0 Å². The molecule has 1 fully saturated rings. The fourth-order valence-electron chi connectivity index (χ4n) is 3.71. The summed E-state index contributed by atoms with van der Waals surface area (Å²) >= 11 is 0. The minimum Gasteiger partial charge on any atom is -0.457 e. The third-order valence-electron chi connectivity index (χ3n) is 4.43. The van der Waals surface area contributed by atoms with Gasteiger partial charge in [0, 0.05) is 11.5 Å². The van der Waals surface area contributed by atoms with E-state index in [9.17, 15) is 4.79 Å². The number of fused-ring (bicyclic) bond motifs is 3. The van der Waals surface area contributed by atoms with Gasteiger partial charge in [-0.3, -0.25) is 4.79 Å². The Morgan fingerprint density at radius 2 is 2.24 bits per heavy atom. The van der Waals surface area contributed by atoms with Gasteiger partial charge in [0.25, 0.3) is 0 Å². The van der Waals surface area contributed by atoms with E-state index in [-0.39, 0.29) is 18.0 Å². The van der Waals surface area contributed by atoms with Crippen molar-refractivity contribution in [1.82, 2.24) is 0 Å². The first-order chi connectivity index (χ1) is 8.27. The third kappa shape index (κ3) is 1.03. The van der Waals surface area contributed by atoms with Crippen LogP contribution in [0, 0.1) is 18.8 Å². The van der Waals surface area contributed by atoms with E-state index in [1.807, 2.05) is 0 Å². The minimum atomic E-state index is -0.00440. The second kappa shape index (κ2) is 3.00. The van der Waals surface area contributed by atoms with Gasteiger partial charge in [0.05, 0.1) is 5.92 Å². The molecule has 0 saturated carbocycles. The Hall–Kier alpha value is -1.57. The first-order valence-electron chi connectivity index (χ1n) is 6.28. The molecule has 2 nitrogen and oxygen atoms in total. The molecule has 0 unspecified atom stereocenters. The molecule has 0 spiro atoms. The SMILES string of the molecule is Cc1cccc2c1[C@@H]1OC(=O)[C@H]3CCC=C2[C@H]31. The van der Waals surface area contributed by atoms with E-state index < -0.39 is 0 Å². The highest BCUT2D eigenvalue weighted by molar-refractivity contribution is 5.87. The zero-order chi connectivity index (χ0) is 11.6. The van der Waals surface area contributed by atoms with Crippen LogP contribution in [0.15, 0.2) is 24.3 Å². The van der Waals surface area contributed by atoms with Crippen LogP contribution in [0.4, 0.5) is 0 Å². The summed E-state index contributed by atoms with van der Waals surface area (Å²) < 4.78 is 5.63. The van der Waals surface area contributed by atoms with E-state index >= 15 is 0 Å². The average molecular weight is 226 g/mol. The summed E-state index contributed by atoms with van der Waals surface area (Å²) in [7, 11) is 0. The van der Waals surface area contributed by atoms with Crippen LogP contribution in [-0.2, 0) is 9.53 Å². The molecule has 2 aliphatic carbocycles. The monoisotopic (exact) mass is 226 g/mol. The quantitative estimate of drug-likeness (QED) is 0.636. The first kappa shape index (κ1) is 9.46. The predicted molar refractivity (Wildman–Crippen MR) is 64.2 cm³/mol. The number of carbonyl (C=O) groups excluding carboxylic acids is 1. The largest absolute Gasteiger partial charge is 0.457 e. The predicted octanol–water partition coefficient (Wildman–Crippen LogP) is 3.02. The van der Waals surface area contributed by atoms with Gasteiger partial charge in [-0.1, -0.05) is 24.3 Å². The van der Waals surface area contributed by atoms with Gasteiger partial charge in [-0.25, -0.2) is 0 Å². The maximum absolute atomic E-state index is 11.9. The zero-order valence-corrected chi connectivity index (χ0v) is 9.77. The van der Waals surface area contributed by atoms with Crippen molar-refractivity contribution in [2.24, 2.45) is 11.8 Å². The van der Waals surface area contributed by atoms with E-state index in [4.69, 9.17) is 4.74 Å². The lowest BCUT2D eigenvalue weighted by molar-refractivity contribution is -0.144. The van der Waals surface area contributed by atoms with Gasteiger partial charge >= 0.3 is 5.97 Å². The minimum absolute atomic E-state index is 0.00440. The molecule has 1 saturated heterocycles. The molecule has 3 atom stereocenters. The van der Waals surface area contributed by atoms with Gasteiger partial charge in [0.15, 0.2) is 0 Å². The summed E-state index contributed by atoms with van der Waals surface area (Å²) in [4.78, 5) is 11.9. The number of hydrogen-bond acceptors (Lipinski definition) is 2. The molecule has 1 aliphatic heterocycles. The van der Waals surface area contributed by atoms with Gasteiger partial charge < -0.3 is 4.74 Å². The molecular formula is C15H14O2. The topological polar surface area (TPSA) is 26.3 Å². The number of rotatable bonds is 0. The fourth-order valence-corrected chi connectivity index (χ4v) is 3.71. The van der Waals surface area contributed by atoms with Crippen LogP contribution in [0.25, 0.3) is 5.57 Å². The van der Waals surface area contributed by atoms with Crippen LogP contribution in [0.1, 0.15) is 35.6 Å². The molecule has 86 valence electrons. The maximum atomic E-state index is 11.9. The Labute approximate surface area is 100 Å². The van der Waals surface area contributed by atoms with Crippen LogP contribution >= 0.6 is 0 Å². The number of esters is 1. The summed E-state index contributed by atoms with van der Waals surface area (Å²) in [5, 5.41) is 0. The zero-order valence-electron chi connectivity index (χ0n) is 9.77. The lowest BCUT2D eigenvalue weighted by Gasteiger charge is -2.20. The molecule has 0 aromatic heterocycles. The third-order valence-corrected chi connectivity index (χ3v) is 4.43. The van der Waals surface area contributed by atoms with E-state index in [0.717, 1.165) is 12.8 Å². The van der Waals surface area contributed by atoms with Crippen molar-refractivity contribution in [3.05, 3.63) is 41.0 Å². The maximum Gasteiger partial charge on any atom is 0.310 e. The Morgan fingerprint density at radius 3 is 3.12 bits per heavy atom. The normalized spacial score (nSPS) is 32.9. The van der Waals surface area contributed by atoms with Gasteiger partial charge in [0.1, 0.15) is 6.10 Å². The highest BCUT2D eigenvalue weighted by atomic mass is 16.6. The average Bonchev–Trinajstić information content (AvgIpc) is 2.82. The molecule has 0 N–H and O–H groups in total. The number of hydrogen-bond donors (Lipinski definition) is 0. The van der Waals surface area contributed by atoms with E-state index in [1.165, 1.54) is 22.3 Å². The second-order valence-corrected chi connectivity index (χ2v) is 5.26. The fraction of sp³-hybridized carbons (Fsp3) is 0.400. The Morgan fingerprint density at radius 1 is 1.35 bits per heavy atom. The summed E-state index contributed by atoms with van der Waals surface area (Å²) in [5.41, 5.74) is 5.17. The molecular weight excluding hydrogens is 212 g/mol. The summed E-state index contributed by atoms with van der Waals surface area (Å²) in [5.74, 6) is 0.415. The van der Waals surface area contributed by atoms with Crippen molar-refractivity contribution >= 4 is 11.5 Å². The van der Waals surface area contributed by atoms with Crippen LogP contribution in [0.3, 0.4) is 0 Å². The Bertz CT molecular complexity index is 556. The molecule has 1 aromatic rings. The lowest BCUT2D eigenvalue weighted by atomic mass is 9.80. The van der Waals surface area contributed by atoms with Crippen LogP contribution in [0.5, 0.6) is 0 Å². The first-order valence-corrected chi connectivity index (χ1v) is 6.28. The molecule has 0 radical (unpaired) electrons. The summed E-state index contributed by atoms with van der Waals surface area (Å²) in [6, 6.07) is 6.38. The van der Waals surface area contributed by atoms with E-state index in [2.05, 4.69) is 31.2 Å². The van der Waals surface area contributed by atoms with Crippen molar-refractivity contribution in [3.63, 3.8) is 0 Å². The number of benzene rings is 1. The van der Waals surface area contributed by atoms with Gasteiger partial charge in [-0.15, -0.1) is 0 Å². The number of aryl methyl sites for hydroxylation is 1. The smallest absolute Gasteiger partial charge is 0.310 e. The van der Waals surface area contributed by atoms with Crippen molar-refractivity contribution in [1.29, 1.82) is 0 Å². The Balaban J connectivity index is 2.00. The molecule has 0 bridgehead atoms. The van der Waals surface area contributed by atoms with Crippen molar-refractivity contribution in [3.8, 4) is 0 Å². The number of carbonyl (C=O) groups is 1. The summed E-state index contributed by atoms with van der Waals surface area (Å²) in [6.45, 7) is 2.11. The Kier molecular flexibility index (Phi) is 1.67. The van der Waals surface area contributed by atoms with E-state index in [0.29, 0.717) is 5.92 Å². The molecule has 4 rings (SSSR count). The molecule has 1 heterocycles. The highest BCUT2D eigenvalue weighted by Gasteiger charge is 2.53.